The topological polar surface area (TPSA) is 135 Å². The molecule has 1 aliphatic heterocycles. The van der Waals surface area contributed by atoms with Gasteiger partial charge in [0, 0.05) is 36.9 Å². The highest BCUT2D eigenvalue weighted by atomic mass is 35.5. The summed E-state index contributed by atoms with van der Waals surface area (Å²) in [7, 11) is 1.45. The fraction of sp³-hybridized carbons (Fsp3) is 0.278. The molecule has 0 radical (unpaired) electrons. The van der Waals surface area contributed by atoms with Gasteiger partial charge in [-0.25, -0.2) is 4.68 Å². The van der Waals surface area contributed by atoms with Gasteiger partial charge in [-0.05, 0) is 12.1 Å². The van der Waals surface area contributed by atoms with Crippen LogP contribution in [-0.2, 0) is 16.6 Å². The molecule has 30 heavy (non-hydrogen) atoms. The second-order valence-corrected chi connectivity index (χ2v) is 7.30. The van der Waals surface area contributed by atoms with Crippen LogP contribution in [0.2, 0.25) is 10.0 Å². The summed E-state index contributed by atoms with van der Waals surface area (Å²) < 4.78 is 6.76. The van der Waals surface area contributed by atoms with Crippen LogP contribution < -0.4 is 20.9 Å². The Morgan fingerprint density at radius 1 is 1.33 bits per heavy atom. The van der Waals surface area contributed by atoms with Gasteiger partial charge in [-0.3, -0.25) is 19.4 Å². The number of hydrogen-bond acceptors (Lipinski definition) is 7. The summed E-state index contributed by atoms with van der Waals surface area (Å²) in [5.74, 6) is -1.40. The Bertz CT molecular complexity index is 1090. The predicted octanol–water partition coefficient (Wildman–Crippen LogP) is 1.44. The molecule has 2 amide bonds. The molecule has 1 aliphatic rings. The van der Waals surface area contributed by atoms with Gasteiger partial charge < -0.3 is 20.5 Å². The quantitative estimate of drug-likeness (QED) is 0.605. The molecule has 1 aromatic heterocycles. The third-order valence-corrected chi connectivity index (χ3v) is 4.75. The van der Waals surface area contributed by atoms with Crippen LogP contribution in [0.25, 0.3) is 0 Å². The van der Waals surface area contributed by atoms with Crippen molar-refractivity contribution in [2.75, 3.05) is 18.5 Å². The van der Waals surface area contributed by atoms with E-state index in [1.165, 1.54) is 25.2 Å². The second-order valence-electron chi connectivity index (χ2n) is 6.49. The average molecular weight is 454 g/mol. The highest BCUT2D eigenvalue weighted by molar-refractivity contribution is 6.46. The van der Waals surface area contributed by atoms with Gasteiger partial charge in [0.2, 0.25) is 11.8 Å². The number of carbonyl (C=O) groups is 2. The number of rotatable bonds is 6. The Morgan fingerprint density at radius 2 is 2.00 bits per heavy atom. The molecule has 0 spiro atoms. The van der Waals surface area contributed by atoms with Gasteiger partial charge in [-0.2, -0.15) is 0 Å². The lowest BCUT2D eigenvalue weighted by molar-refractivity contribution is -0.118. The predicted molar refractivity (Wildman–Crippen MR) is 111 cm³/mol. The molecule has 158 valence electrons. The molecule has 0 aliphatic carbocycles. The summed E-state index contributed by atoms with van der Waals surface area (Å²) in [4.78, 5) is 39.2. The van der Waals surface area contributed by atoms with Crippen molar-refractivity contribution in [2.45, 2.75) is 12.8 Å². The number of anilines is 1. The number of aryl methyl sites for hydroxylation is 1. The van der Waals surface area contributed by atoms with Gasteiger partial charge in [0.05, 0.1) is 10.0 Å². The van der Waals surface area contributed by atoms with Gasteiger partial charge >= 0.3 is 0 Å². The number of aliphatic hydroxyl groups excluding tert-OH is 1. The monoisotopic (exact) mass is 453 g/mol. The third kappa shape index (κ3) is 4.61. The van der Waals surface area contributed by atoms with Crippen molar-refractivity contribution in [1.82, 2.24) is 15.1 Å². The van der Waals surface area contributed by atoms with Crippen LogP contribution in [0.1, 0.15) is 18.4 Å². The fourth-order valence-corrected chi connectivity index (χ4v) is 3.18. The van der Waals surface area contributed by atoms with E-state index in [0.29, 0.717) is 5.56 Å². The van der Waals surface area contributed by atoms with Gasteiger partial charge in [0.25, 0.3) is 11.5 Å². The second kappa shape index (κ2) is 8.82. The Kier molecular flexibility index (Phi) is 6.40. The lowest BCUT2D eigenvalue weighted by Gasteiger charge is -2.14. The Labute approximate surface area is 180 Å². The number of aliphatic hydroxyl groups is 1. The van der Waals surface area contributed by atoms with E-state index < -0.39 is 11.8 Å². The summed E-state index contributed by atoms with van der Waals surface area (Å²) in [6.07, 6.45) is 0. The van der Waals surface area contributed by atoms with Gasteiger partial charge in [0.1, 0.15) is 6.54 Å². The van der Waals surface area contributed by atoms with Crippen LogP contribution in [0.3, 0.4) is 0 Å². The molecular formula is C18H17Cl2N5O5. The van der Waals surface area contributed by atoms with Crippen LogP contribution in [-0.4, -0.2) is 45.7 Å². The number of ether oxygens (including phenoxy) is 1. The lowest BCUT2D eigenvalue weighted by atomic mass is 10.1. The SMILES string of the molecule is CC(CO)c1cc(Oc2c(Cl)cc(NC(=O)C3=NCC(=O)N3)cc2Cl)nn(C)c1=O. The average Bonchev–Trinajstić information content (AvgIpc) is 3.13. The summed E-state index contributed by atoms with van der Waals surface area (Å²) in [6, 6.07) is 4.21. The normalized spacial score (nSPS) is 14.2. The molecule has 2 heterocycles. The van der Waals surface area contributed by atoms with E-state index in [1.54, 1.807) is 6.92 Å². The molecule has 2 aromatic rings. The largest absolute Gasteiger partial charge is 0.434 e. The molecule has 10 nitrogen and oxygen atoms in total. The number of aromatic nitrogens is 2. The van der Waals surface area contributed by atoms with Crippen molar-refractivity contribution >= 4 is 46.5 Å². The van der Waals surface area contributed by atoms with Crippen LogP contribution in [0.4, 0.5) is 5.69 Å². The number of amides is 2. The maximum absolute atomic E-state index is 12.2. The van der Waals surface area contributed by atoms with Gasteiger partial charge in [0.15, 0.2) is 11.6 Å². The third-order valence-electron chi connectivity index (χ3n) is 4.19. The first-order chi connectivity index (χ1) is 14.2. The Hall–Kier alpha value is -2.95. The first kappa shape index (κ1) is 21.8. The highest BCUT2D eigenvalue weighted by Gasteiger charge is 2.22. The standard InChI is InChI=1S/C18H17Cl2N5O5/c1-8(7-26)10-5-14(24-25(2)18(10)29)30-15-11(19)3-9(4-12(15)20)22-17(28)16-21-6-13(27)23-16/h3-5,8,26H,6-7H2,1-2H3,(H,22,28)(H,21,23,27). The molecule has 1 atom stereocenters. The summed E-state index contributed by atoms with van der Waals surface area (Å²) in [5, 5.41) is 18.4. The minimum atomic E-state index is -0.621. The highest BCUT2D eigenvalue weighted by Crippen LogP contribution is 2.38. The molecule has 3 N–H and O–H groups in total. The van der Waals surface area contributed by atoms with Crippen molar-refractivity contribution in [2.24, 2.45) is 12.0 Å². The van der Waals surface area contributed by atoms with Crippen molar-refractivity contribution in [3.63, 3.8) is 0 Å². The van der Waals surface area contributed by atoms with Crippen molar-refractivity contribution < 1.29 is 19.4 Å². The van der Waals surface area contributed by atoms with E-state index in [0.717, 1.165) is 4.68 Å². The van der Waals surface area contributed by atoms with Crippen LogP contribution in [0.5, 0.6) is 11.6 Å². The lowest BCUT2D eigenvalue weighted by Crippen LogP contribution is -2.34. The minimum Gasteiger partial charge on any atom is -0.434 e. The van der Waals surface area contributed by atoms with Crippen molar-refractivity contribution in [3.8, 4) is 11.6 Å². The van der Waals surface area contributed by atoms with E-state index in [2.05, 4.69) is 20.7 Å². The molecule has 0 saturated heterocycles. The zero-order valence-corrected chi connectivity index (χ0v) is 17.4. The van der Waals surface area contributed by atoms with E-state index >= 15 is 0 Å². The zero-order valence-electron chi connectivity index (χ0n) is 15.9. The molecule has 0 saturated carbocycles. The molecule has 0 bridgehead atoms. The number of halogens is 2. The number of nitrogens with zero attached hydrogens (tertiary/aromatic N) is 3. The van der Waals surface area contributed by atoms with Gasteiger partial charge in [-0.15, -0.1) is 5.10 Å². The molecule has 1 aromatic carbocycles. The number of benzene rings is 1. The maximum Gasteiger partial charge on any atom is 0.291 e. The number of carbonyl (C=O) groups excluding carboxylic acids is 2. The number of nitrogens with one attached hydrogen (secondary N) is 2. The fourth-order valence-electron chi connectivity index (χ4n) is 2.62. The summed E-state index contributed by atoms with van der Waals surface area (Å²) in [5.41, 5.74) is 0.218. The van der Waals surface area contributed by atoms with E-state index in [9.17, 15) is 19.5 Å². The van der Waals surface area contributed by atoms with Crippen LogP contribution in [0.15, 0.2) is 28.0 Å². The van der Waals surface area contributed by atoms with Gasteiger partial charge in [-0.1, -0.05) is 30.1 Å². The summed E-state index contributed by atoms with van der Waals surface area (Å²) in [6.45, 7) is 1.36. The first-order valence-corrected chi connectivity index (χ1v) is 9.46. The maximum atomic E-state index is 12.2. The molecule has 0 fully saturated rings. The van der Waals surface area contributed by atoms with Crippen molar-refractivity contribution in [3.05, 3.63) is 44.2 Å². The van der Waals surface area contributed by atoms with Crippen LogP contribution in [0, 0.1) is 0 Å². The molecule has 1 unspecified atom stereocenters. The summed E-state index contributed by atoms with van der Waals surface area (Å²) >= 11 is 12.5. The number of aliphatic imine (C=N–C) groups is 1. The van der Waals surface area contributed by atoms with E-state index in [4.69, 9.17) is 27.9 Å². The first-order valence-electron chi connectivity index (χ1n) is 8.71. The van der Waals surface area contributed by atoms with E-state index in [1.807, 2.05) is 0 Å². The minimum absolute atomic E-state index is 0.0519. The smallest absolute Gasteiger partial charge is 0.291 e. The Morgan fingerprint density at radius 3 is 2.57 bits per heavy atom. The zero-order chi connectivity index (χ0) is 22.0. The molecule has 12 heteroatoms. The van der Waals surface area contributed by atoms with Crippen LogP contribution >= 0.6 is 23.2 Å². The number of hydrogen-bond donors (Lipinski definition) is 3. The van der Waals surface area contributed by atoms with Crippen molar-refractivity contribution in [1.29, 1.82) is 0 Å². The molecular weight excluding hydrogens is 437 g/mol. The number of amidine groups is 1. The van der Waals surface area contributed by atoms with E-state index in [-0.39, 0.29) is 57.8 Å². The Balaban J connectivity index is 1.84. The molecule has 3 rings (SSSR count).